The van der Waals surface area contributed by atoms with E-state index in [0.29, 0.717) is 43.1 Å². The number of benzene rings is 1. The van der Waals surface area contributed by atoms with Gasteiger partial charge in [-0.3, -0.25) is 4.79 Å². The molecule has 1 aliphatic rings. The van der Waals surface area contributed by atoms with Gasteiger partial charge in [0.2, 0.25) is 5.91 Å². The normalized spacial score (nSPS) is 15.5. The summed E-state index contributed by atoms with van der Waals surface area (Å²) in [7, 11) is 1.77. The Morgan fingerprint density at radius 1 is 1.33 bits per heavy atom. The van der Waals surface area contributed by atoms with Crippen molar-refractivity contribution in [3.63, 3.8) is 0 Å². The smallest absolute Gasteiger partial charge is 0.226 e. The van der Waals surface area contributed by atoms with E-state index in [1.165, 1.54) is 18.5 Å². The predicted octanol–water partition coefficient (Wildman–Crippen LogP) is 4.36. The van der Waals surface area contributed by atoms with Crippen LogP contribution in [0.3, 0.4) is 0 Å². The summed E-state index contributed by atoms with van der Waals surface area (Å²) in [5.74, 6) is 0.258. The van der Waals surface area contributed by atoms with Crippen LogP contribution in [0.4, 0.5) is 10.2 Å². The highest BCUT2D eigenvalue weighted by Gasteiger charge is 2.31. The van der Waals surface area contributed by atoms with Gasteiger partial charge in [-0.1, -0.05) is 24.9 Å². The Morgan fingerprint density at radius 3 is 2.70 bits per heavy atom. The molecule has 1 unspecified atom stereocenters. The molecule has 1 aliphatic heterocycles. The molecule has 8 heteroatoms. The highest BCUT2D eigenvalue weighted by atomic mass is 35.5. The van der Waals surface area contributed by atoms with Crippen molar-refractivity contribution in [3.05, 3.63) is 52.7 Å². The fourth-order valence-corrected chi connectivity index (χ4v) is 4.16. The first-order valence-corrected chi connectivity index (χ1v) is 10.5. The summed E-state index contributed by atoms with van der Waals surface area (Å²) in [4.78, 5) is 25.2. The van der Waals surface area contributed by atoms with Gasteiger partial charge in [0, 0.05) is 32.1 Å². The Balaban J connectivity index is 1.70. The van der Waals surface area contributed by atoms with E-state index in [1.807, 2.05) is 13.0 Å². The van der Waals surface area contributed by atoms with Gasteiger partial charge in [0.15, 0.2) is 0 Å². The summed E-state index contributed by atoms with van der Waals surface area (Å²) in [6, 6.07) is 7.77. The number of amides is 1. The van der Waals surface area contributed by atoms with Crippen LogP contribution in [-0.4, -0.2) is 40.9 Å². The number of nitrogens with zero attached hydrogens (tertiary/aromatic N) is 5. The molecule has 1 aromatic heterocycles. The summed E-state index contributed by atoms with van der Waals surface area (Å²) < 4.78 is 14.0. The van der Waals surface area contributed by atoms with Gasteiger partial charge in [0.1, 0.15) is 23.1 Å². The van der Waals surface area contributed by atoms with E-state index in [9.17, 15) is 9.18 Å². The predicted molar refractivity (Wildman–Crippen MR) is 114 cm³/mol. The largest absolute Gasteiger partial charge is 0.356 e. The van der Waals surface area contributed by atoms with Gasteiger partial charge in [-0.25, -0.2) is 14.4 Å². The third kappa shape index (κ3) is 5.06. The van der Waals surface area contributed by atoms with Crippen molar-refractivity contribution in [2.45, 2.75) is 38.6 Å². The Hall–Kier alpha value is -2.72. The topological polar surface area (TPSA) is 73.1 Å². The first-order valence-electron chi connectivity index (χ1n) is 10.1. The molecule has 0 spiro atoms. The quantitative estimate of drug-likeness (QED) is 0.638. The highest BCUT2D eigenvalue weighted by Crippen LogP contribution is 2.30. The summed E-state index contributed by atoms with van der Waals surface area (Å²) in [6.45, 7) is 3.43. The molecule has 2 aromatic rings. The summed E-state index contributed by atoms with van der Waals surface area (Å²) in [5, 5.41) is 9.56. The van der Waals surface area contributed by atoms with Crippen LogP contribution in [0, 0.1) is 23.1 Å². The molecule has 1 saturated heterocycles. The van der Waals surface area contributed by atoms with Gasteiger partial charge < -0.3 is 9.80 Å². The number of hydrogen-bond donors (Lipinski definition) is 0. The zero-order valence-corrected chi connectivity index (χ0v) is 17.9. The van der Waals surface area contributed by atoms with E-state index in [4.69, 9.17) is 16.9 Å². The zero-order valence-electron chi connectivity index (χ0n) is 17.2. The monoisotopic (exact) mass is 429 g/mol. The number of anilines is 1. The number of rotatable bonds is 6. The first kappa shape index (κ1) is 22.0. The summed E-state index contributed by atoms with van der Waals surface area (Å²) >= 11 is 5.95. The molecule has 0 aliphatic carbocycles. The van der Waals surface area contributed by atoms with Gasteiger partial charge in [0.25, 0.3) is 0 Å². The molecule has 0 saturated carbocycles. The lowest BCUT2D eigenvalue weighted by Crippen LogP contribution is -2.42. The maximum Gasteiger partial charge on any atom is 0.226 e. The van der Waals surface area contributed by atoms with Crippen molar-refractivity contribution in [3.8, 4) is 6.07 Å². The van der Waals surface area contributed by atoms with Crippen molar-refractivity contribution in [2.75, 3.05) is 25.0 Å². The van der Waals surface area contributed by atoms with Gasteiger partial charge in [-0.05, 0) is 43.0 Å². The van der Waals surface area contributed by atoms with E-state index in [0.717, 1.165) is 12.2 Å². The SMILES string of the molecule is CCCC(c1cc(F)cc(C#N)c1)N(C)C(=O)C1CCN(c2cc(Cl)ncn2)CC1. The molecular weight excluding hydrogens is 405 g/mol. The number of aromatic nitrogens is 2. The molecule has 1 amide bonds. The van der Waals surface area contributed by atoms with E-state index in [2.05, 4.69) is 14.9 Å². The molecule has 1 aromatic carbocycles. The molecule has 0 radical (unpaired) electrons. The minimum Gasteiger partial charge on any atom is -0.356 e. The van der Waals surface area contributed by atoms with Crippen molar-refractivity contribution in [1.29, 1.82) is 5.26 Å². The van der Waals surface area contributed by atoms with Crippen LogP contribution in [0.5, 0.6) is 0 Å². The number of halogens is 2. The minimum absolute atomic E-state index is 0.0524. The average Bonchev–Trinajstić information content (AvgIpc) is 2.76. The van der Waals surface area contributed by atoms with E-state index < -0.39 is 5.82 Å². The molecule has 158 valence electrons. The Kier molecular flexibility index (Phi) is 7.22. The second-order valence-corrected chi connectivity index (χ2v) is 7.99. The Morgan fingerprint density at radius 2 is 2.07 bits per heavy atom. The number of carbonyl (C=O) groups is 1. The van der Waals surface area contributed by atoms with Crippen LogP contribution in [0.15, 0.2) is 30.6 Å². The average molecular weight is 430 g/mol. The lowest BCUT2D eigenvalue weighted by atomic mass is 9.92. The third-order valence-corrected chi connectivity index (χ3v) is 5.81. The Labute approximate surface area is 181 Å². The fraction of sp³-hybridized carbons (Fsp3) is 0.455. The zero-order chi connectivity index (χ0) is 21.7. The number of carbonyl (C=O) groups excluding carboxylic acids is 1. The molecule has 3 rings (SSSR count). The fourth-order valence-electron chi connectivity index (χ4n) is 4.02. The lowest BCUT2D eigenvalue weighted by molar-refractivity contribution is -0.137. The molecule has 0 bridgehead atoms. The first-order chi connectivity index (χ1) is 14.4. The van der Waals surface area contributed by atoms with E-state index in [-0.39, 0.29) is 23.4 Å². The van der Waals surface area contributed by atoms with E-state index >= 15 is 0 Å². The maximum atomic E-state index is 14.0. The molecule has 6 nitrogen and oxygen atoms in total. The standard InChI is InChI=1S/C22H25ClFN5O/c1-3-4-19(17-9-15(13-25)10-18(24)11-17)28(2)22(30)16-5-7-29(8-6-16)21-12-20(23)26-14-27-21/h9-12,14,16,19H,3-8H2,1-2H3. The molecule has 1 atom stereocenters. The molecule has 2 heterocycles. The number of piperidine rings is 1. The number of hydrogen-bond acceptors (Lipinski definition) is 5. The van der Waals surface area contributed by atoms with Gasteiger partial charge >= 0.3 is 0 Å². The molecule has 0 N–H and O–H groups in total. The van der Waals surface area contributed by atoms with Crippen LogP contribution in [0.25, 0.3) is 0 Å². The van der Waals surface area contributed by atoms with Crippen molar-refractivity contribution < 1.29 is 9.18 Å². The third-order valence-electron chi connectivity index (χ3n) is 5.60. The minimum atomic E-state index is -0.456. The van der Waals surface area contributed by atoms with Crippen molar-refractivity contribution in [1.82, 2.24) is 14.9 Å². The van der Waals surface area contributed by atoms with Crippen molar-refractivity contribution >= 4 is 23.3 Å². The molecule has 30 heavy (non-hydrogen) atoms. The highest BCUT2D eigenvalue weighted by molar-refractivity contribution is 6.29. The summed E-state index contributed by atoms with van der Waals surface area (Å²) in [6.07, 6.45) is 4.39. The maximum absolute atomic E-state index is 14.0. The second kappa shape index (κ2) is 9.86. The lowest BCUT2D eigenvalue weighted by Gasteiger charge is -2.36. The van der Waals surface area contributed by atoms with E-state index in [1.54, 1.807) is 24.1 Å². The van der Waals surface area contributed by atoms with Crippen LogP contribution >= 0.6 is 11.6 Å². The second-order valence-electron chi connectivity index (χ2n) is 7.60. The van der Waals surface area contributed by atoms with Gasteiger partial charge in [0.05, 0.1) is 17.7 Å². The van der Waals surface area contributed by atoms with Crippen molar-refractivity contribution in [2.24, 2.45) is 5.92 Å². The molecular formula is C22H25ClFN5O. The molecule has 1 fully saturated rings. The van der Waals surface area contributed by atoms with Crippen LogP contribution in [-0.2, 0) is 4.79 Å². The van der Waals surface area contributed by atoms with Crippen LogP contribution in [0.1, 0.15) is 49.8 Å². The van der Waals surface area contributed by atoms with Gasteiger partial charge in [-0.2, -0.15) is 5.26 Å². The Bertz CT molecular complexity index is 939. The summed E-state index contributed by atoms with van der Waals surface area (Å²) in [5.41, 5.74) is 0.932. The van der Waals surface area contributed by atoms with Crippen LogP contribution < -0.4 is 4.90 Å². The van der Waals surface area contributed by atoms with Crippen LogP contribution in [0.2, 0.25) is 5.15 Å². The van der Waals surface area contributed by atoms with Gasteiger partial charge in [-0.15, -0.1) is 0 Å². The number of nitriles is 1.